The third-order valence-corrected chi connectivity index (χ3v) is 5.15. The molecule has 0 radical (unpaired) electrons. The SMILES string of the molecule is Cc1cc(C)c2c(c1)N(C(=O)C[C@@H]1CCC[C@H]1N)CCC2.Cl. The molecule has 0 unspecified atom stereocenters. The van der Waals surface area contributed by atoms with Crippen molar-refractivity contribution in [3.05, 3.63) is 28.8 Å². The largest absolute Gasteiger partial charge is 0.327 e. The molecule has 2 aliphatic rings. The van der Waals surface area contributed by atoms with E-state index in [2.05, 4.69) is 26.0 Å². The van der Waals surface area contributed by atoms with Gasteiger partial charge in [0.15, 0.2) is 0 Å². The van der Waals surface area contributed by atoms with Gasteiger partial charge in [0.1, 0.15) is 0 Å². The minimum atomic E-state index is 0. The van der Waals surface area contributed by atoms with Gasteiger partial charge in [-0.05, 0) is 68.2 Å². The second kappa shape index (κ2) is 7.01. The number of rotatable bonds is 2. The molecule has 1 aromatic carbocycles. The molecular formula is C18H27ClN2O. The van der Waals surface area contributed by atoms with Gasteiger partial charge in [-0.3, -0.25) is 4.79 Å². The lowest BCUT2D eigenvalue weighted by molar-refractivity contribution is -0.119. The number of nitrogens with two attached hydrogens (primary N) is 1. The van der Waals surface area contributed by atoms with Crippen LogP contribution in [0.1, 0.15) is 48.8 Å². The molecular weight excluding hydrogens is 296 g/mol. The summed E-state index contributed by atoms with van der Waals surface area (Å²) in [6.45, 7) is 5.13. The van der Waals surface area contributed by atoms with Crippen molar-refractivity contribution in [3.8, 4) is 0 Å². The summed E-state index contributed by atoms with van der Waals surface area (Å²) in [5, 5.41) is 0. The highest BCUT2D eigenvalue weighted by Gasteiger charge is 2.30. The Hall–Kier alpha value is -1.06. The van der Waals surface area contributed by atoms with Crippen molar-refractivity contribution in [1.29, 1.82) is 0 Å². The fraction of sp³-hybridized carbons (Fsp3) is 0.611. The lowest BCUT2D eigenvalue weighted by atomic mass is 9.93. The molecule has 2 N–H and O–H groups in total. The summed E-state index contributed by atoms with van der Waals surface area (Å²) in [4.78, 5) is 14.8. The highest BCUT2D eigenvalue weighted by atomic mass is 35.5. The summed E-state index contributed by atoms with van der Waals surface area (Å²) in [5.41, 5.74) is 11.2. The predicted molar refractivity (Wildman–Crippen MR) is 93.8 cm³/mol. The maximum absolute atomic E-state index is 12.8. The van der Waals surface area contributed by atoms with E-state index in [1.807, 2.05) is 4.90 Å². The number of amides is 1. The fourth-order valence-electron chi connectivity index (χ4n) is 3.99. The molecule has 1 amide bonds. The van der Waals surface area contributed by atoms with Crippen LogP contribution in [0.25, 0.3) is 0 Å². The van der Waals surface area contributed by atoms with Gasteiger partial charge in [0, 0.05) is 24.7 Å². The van der Waals surface area contributed by atoms with Gasteiger partial charge < -0.3 is 10.6 Å². The van der Waals surface area contributed by atoms with E-state index < -0.39 is 0 Å². The molecule has 3 nitrogen and oxygen atoms in total. The predicted octanol–water partition coefficient (Wildman–Crippen LogP) is 3.52. The topological polar surface area (TPSA) is 46.3 Å². The molecule has 4 heteroatoms. The van der Waals surface area contributed by atoms with Crippen LogP contribution < -0.4 is 10.6 Å². The molecule has 0 spiro atoms. The van der Waals surface area contributed by atoms with Crippen molar-refractivity contribution in [1.82, 2.24) is 0 Å². The van der Waals surface area contributed by atoms with Gasteiger partial charge in [-0.25, -0.2) is 0 Å². The van der Waals surface area contributed by atoms with Crippen LogP contribution in [0.3, 0.4) is 0 Å². The first-order valence-corrected chi connectivity index (χ1v) is 8.22. The standard InChI is InChI=1S/C18H26N2O.ClH/c1-12-9-13(2)15-6-4-8-20(17(15)10-12)18(21)11-14-5-3-7-16(14)19;/h9-10,14,16H,3-8,11,19H2,1-2H3;1H/t14-,16+;/m0./s1. The molecule has 2 atom stereocenters. The Morgan fingerprint density at radius 1 is 1.27 bits per heavy atom. The molecule has 0 aromatic heterocycles. The van der Waals surface area contributed by atoms with E-state index in [0.717, 1.165) is 37.9 Å². The summed E-state index contributed by atoms with van der Waals surface area (Å²) in [5.74, 6) is 0.650. The van der Waals surface area contributed by atoms with Crippen molar-refractivity contribution in [3.63, 3.8) is 0 Å². The normalized spacial score (nSPS) is 23.9. The van der Waals surface area contributed by atoms with E-state index in [4.69, 9.17) is 5.73 Å². The third kappa shape index (κ3) is 3.31. The zero-order valence-electron chi connectivity index (χ0n) is 13.6. The third-order valence-electron chi connectivity index (χ3n) is 5.15. The average Bonchev–Trinajstić information content (AvgIpc) is 2.83. The number of anilines is 1. The van der Waals surface area contributed by atoms with Crippen LogP contribution in [-0.2, 0) is 11.2 Å². The maximum atomic E-state index is 12.8. The number of halogens is 1. The van der Waals surface area contributed by atoms with E-state index in [1.165, 1.54) is 23.1 Å². The molecule has 1 aliphatic heterocycles. The average molecular weight is 323 g/mol. The van der Waals surface area contributed by atoms with Crippen LogP contribution in [0.5, 0.6) is 0 Å². The second-order valence-electron chi connectivity index (χ2n) is 6.79. The fourth-order valence-corrected chi connectivity index (χ4v) is 3.99. The number of carbonyl (C=O) groups is 1. The van der Waals surface area contributed by atoms with Gasteiger partial charge in [0.25, 0.3) is 0 Å². The van der Waals surface area contributed by atoms with Crippen molar-refractivity contribution < 1.29 is 4.79 Å². The summed E-state index contributed by atoms with van der Waals surface area (Å²) in [6.07, 6.45) is 6.14. The second-order valence-corrected chi connectivity index (χ2v) is 6.79. The molecule has 3 rings (SSSR count). The number of benzene rings is 1. The van der Waals surface area contributed by atoms with Gasteiger partial charge in [-0.2, -0.15) is 0 Å². The van der Waals surface area contributed by atoms with Crippen LogP contribution in [0, 0.1) is 19.8 Å². The first-order valence-electron chi connectivity index (χ1n) is 8.22. The molecule has 1 aliphatic carbocycles. The lowest BCUT2D eigenvalue weighted by Crippen LogP contribution is -2.38. The molecule has 0 bridgehead atoms. The van der Waals surface area contributed by atoms with Gasteiger partial charge in [-0.15, -0.1) is 12.4 Å². The first-order chi connectivity index (χ1) is 10.1. The number of nitrogens with zero attached hydrogens (tertiary/aromatic N) is 1. The molecule has 1 fully saturated rings. The number of fused-ring (bicyclic) bond motifs is 1. The van der Waals surface area contributed by atoms with Crippen LogP contribution in [0.2, 0.25) is 0 Å². The van der Waals surface area contributed by atoms with E-state index in [0.29, 0.717) is 12.3 Å². The lowest BCUT2D eigenvalue weighted by Gasteiger charge is -2.32. The van der Waals surface area contributed by atoms with E-state index in [9.17, 15) is 4.79 Å². The number of hydrogen-bond donors (Lipinski definition) is 1. The smallest absolute Gasteiger partial charge is 0.227 e. The van der Waals surface area contributed by atoms with E-state index in [1.54, 1.807) is 0 Å². The van der Waals surface area contributed by atoms with Gasteiger partial charge in [0.2, 0.25) is 5.91 Å². The Balaban J connectivity index is 0.00000176. The van der Waals surface area contributed by atoms with Crippen molar-refractivity contribution in [2.24, 2.45) is 11.7 Å². The van der Waals surface area contributed by atoms with Crippen LogP contribution in [0.15, 0.2) is 12.1 Å². The number of carbonyl (C=O) groups excluding carboxylic acids is 1. The molecule has 1 saturated carbocycles. The van der Waals surface area contributed by atoms with E-state index in [-0.39, 0.29) is 24.4 Å². The molecule has 22 heavy (non-hydrogen) atoms. The van der Waals surface area contributed by atoms with Crippen molar-refractivity contribution in [2.45, 2.75) is 58.4 Å². The van der Waals surface area contributed by atoms with Crippen LogP contribution >= 0.6 is 12.4 Å². The maximum Gasteiger partial charge on any atom is 0.227 e. The van der Waals surface area contributed by atoms with E-state index >= 15 is 0 Å². The Morgan fingerprint density at radius 2 is 2.05 bits per heavy atom. The zero-order chi connectivity index (χ0) is 15.0. The first kappa shape index (κ1) is 17.3. The summed E-state index contributed by atoms with van der Waals surface area (Å²) >= 11 is 0. The number of aryl methyl sites for hydroxylation is 2. The monoisotopic (exact) mass is 322 g/mol. The minimum Gasteiger partial charge on any atom is -0.327 e. The van der Waals surface area contributed by atoms with Gasteiger partial charge in [0.05, 0.1) is 0 Å². The minimum absolute atomic E-state index is 0. The summed E-state index contributed by atoms with van der Waals surface area (Å²) < 4.78 is 0. The highest BCUT2D eigenvalue weighted by molar-refractivity contribution is 5.95. The zero-order valence-corrected chi connectivity index (χ0v) is 14.4. The Kier molecular flexibility index (Phi) is 5.51. The molecule has 1 aromatic rings. The molecule has 1 heterocycles. The summed E-state index contributed by atoms with van der Waals surface area (Å²) in [6, 6.07) is 4.62. The highest BCUT2D eigenvalue weighted by Crippen LogP contribution is 2.33. The van der Waals surface area contributed by atoms with Crippen molar-refractivity contribution in [2.75, 3.05) is 11.4 Å². The molecule has 122 valence electrons. The Morgan fingerprint density at radius 3 is 2.73 bits per heavy atom. The Labute approximate surface area is 139 Å². The number of hydrogen-bond acceptors (Lipinski definition) is 2. The quantitative estimate of drug-likeness (QED) is 0.905. The summed E-state index contributed by atoms with van der Waals surface area (Å²) in [7, 11) is 0. The Bertz CT molecular complexity index is 558. The van der Waals surface area contributed by atoms with Crippen LogP contribution in [-0.4, -0.2) is 18.5 Å². The van der Waals surface area contributed by atoms with Crippen LogP contribution in [0.4, 0.5) is 5.69 Å². The van der Waals surface area contributed by atoms with Crippen molar-refractivity contribution >= 4 is 24.0 Å². The molecule has 0 saturated heterocycles. The van der Waals surface area contributed by atoms with Gasteiger partial charge >= 0.3 is 0 Å². The van der Waals surface area contributed by atoms with Gasteiger partial charge in [-0.1, -0.05) is 12.5 Å².